The lowest BCUT2D eigenvalue weighted by Crippen LogP contribution is -2.39. The number of halogens is 1. The normalized spacial score (nSPS) is 29.1. The minimum atomic E-state index is -1.40. The van der Waals surface area contributed by atoms with Gasteiger partial charge in [-0.1, -0.05) is 27.7 Å². The predicted molar refractivity (Wildman–Crippen MR) is 77.6 cm³/mol. The van der Waals surface area contributed by atoms with E-state index in [0.717, 1.165) is 0 Å². The number of ether oxygens (including phenoxy) is 1. The van der Waals surface area contributed by atoms with Crippen molar-refractivity contribution >= 4 is 22.6 Å². The lowest BCUT2D eigenvalue weighted by Gasteiger charge is -2.24. The molecule has 0 saturated carbocycles. The van der Waals surface area contributed by atoms with Crippen molar-refractivity contribution in [1.82, 2.24) is 9.55 Å². The van der Waals surface area contributed by atoms with Gasteiger partial charge < -0.3 is 9.84 Å². The third-order valence-corrected chi connectivity index (χ3v) is 4.24. The Hall–Kier alpha value is -1.36. The number of aliphatic hydroxyl groups is 1. The summed E-state index contributed by atoms with van der Waals surface area (Å²) in [6.45, 7) is 1.55. The topological polar surface area (TPSA) is 133 Å². The minimum absolute atomic E-state index is 0.0907. The van der Waals surface area contributed by atoms with Crippen LogP contribution in [-0.2, 0) is 4.74 Å². The van der Waals surface area contributed by atoms with Crippen LogP contribution in [0.15, 0.2) is 20.9 Å². The van der Waals surface area contributed by atoms with E-state index in [9.17, 15) is 14.7 Å². The lowest BCUT2D eigenvalue weighted by molar-refractivity contribution is -0.0820. The molecule has 0 aromatic carbocycles. The highest BCUT2D eigenvalue weighted by Gasteiger charge is 2.48. The zero-order chi connectivity index (χ0) is 14.9. The van der Waals surface area contributed by atoms with Crippen LogP contribution in [0.2, 0.25) is 0 Å². The summed E-state index contributed by atoms with van der Waals surface area (Å²) in [5.41, 5.74) is 6.42. The molecule has 3 atom stereocenters. The fraction of sp³-hybridized carbons (Fsp3) is 0.600. The van der Waals surface area contributed by atoms with Gasteiger partial charge in [-0.15, -0.1) is 0 Å². The number of alkyl halides is 1. The average Bonchev–Trinajstić information content (AvgIpc) is 2.72. The number of aliphatic hydroxyl groups excluding tert-OH is 1. The number of nitrogens with zero attached hydrogens (tertiary/aromatic N) is 4. The van der Waals surface area contributed by atoms with Gasteiger partial charge in [-0.05, 0) is 12.5 Å². The maximum Gasteiger partial charge on any atom is 0.330 e. The molecule has 1 aromatic rings. The molecule has 3 unspecified atom stereocenters. The quantitative estimate of drug-likeness (QED) is 0.255. The molecule has 108 valence electrons. The Morgan fingerprint density at radius 3 is 3.05 bits per heavy atom. The summed E-state index contributed by atoms with van der Waals surface area (Å²) < 4.78 is 7.00. The van der Waals surface area contributed by atoms with Crippen LogP contribution in [-0.4, -0.2) is 30.9 Å². The van der Waals surface area contributed by atoms with Gasteiger partial charge in [0.15, 0.2) is 5.72 Å². The fourth-order valence-electron chi connectivity index (χ4n) is 2.02. The van der Waals surface area contributed by atoms with Crippen molar-refractivity contribution in [2.75, 3.05) is 4.43 Å². The zero-order valence-electron chi connectivity index (χ0n) is 10.5. The molecule has 0 spiro atoms. The van der Waals surface area contributed by atoms with Gasteiger partial charge >= 0.3 is 5.69 Å². The summed E-state index contributed by atoms with van der Waals surface area (Å²) in [6, 6.07) is 0. The van der Waals surface area contributed by atoms with E-state index in [1.165, 1.54) is 10.8 Å². The second kappa shape index (κ2) is 5.56. The van der Waals surface area contributed by atoms with Crippen molar-refractivity contribution < 1.29 is 9.84 Å². The summed E-state index contributed by atoms with van der Waals surface area (Å²) in [6.07, 6.45) is -0.376. The Morgan fingerprint density at radius 1 is 1.75 bits per heavy atom. The molecule has 9 nitrogen and oxygen atoms in total. The van der Waals surface area contributed by atoms with Crippen molar-refractivity contribution in [2.24, 2.45) is 5.11 Å². The largest absolute Gasteiger partial charge is 0.390 e. The third-order valence-electron chi connectivity index (χ3n) is 3.15. The molecule has 1 aromatic heterocycles. The highest BCUT2D eigenvalue weighted by molar-refractivity contribution is 14.1. The van der Waals surface area contributed by atoms with Crippen LogP contribution in [0.3, 0.4) is 0 Å². The van der Waals surface area contributed by atoms with Crippen molar-refractivity contribution in [3.8, 4) is 0 Å². The first-order valence-electron chi connectivity index (χ1n) is 5.73. The number of H-pyrrole nitrogens is 1. The first-order valence-corrected chi connectivity index (χ1v) is 7.26. The van der Waals surface area contributed by atoms with Crippen LogP contribution < -0.4 is 11.2 Å². The maximum atomic E-state index is 11.8. The molecule has 1 fully saturated rings. The van der Waals surface area contributed by atoms with Crippen molar-refractivity contribution in [3.63, 3.8) is 0 Å². The van der Waals surface area contributed by atoms with E-state index in [2.05, 4.69) is 15.0 Å². The van der Waals surface area contributed by atoms with E-state index >= 15 is 0 Å². The monoisotopic (exact) mass is 393 g/mol. The molecule has 0 aliphatic carbocycles. The maximum absolute atomic E-state index is 11.8. The highest BCUT2D eigenvalue weighted by Crippen LogP contribution is 2.38. The number of aryl methyl sites for hydroxylation is 1. The second-order valence-electron chi connectivity index (χ2n) is 4.47. The molecule has 1 saturated heterocycles. The lowest BCUT2D eigenvalue weighted by atomic mass is 10.1. The van der Waals surface area contributed by atoms with Gasteiger partial charge in [0.2, 0.25) is 0 Å². The first kappa shape index (κ1) is 15.0. The standard InChI is InChI=1S/C10H12IN5O4/c1-5-3-16(9(19)13-8(5)18)7-2-6(17)10(4-11,20-7)14-15-12/h3,6-7,17H,2,4H2,1H3,(H,13,18,19). The molecule has 1 aliphatic heterocycles. The van der Waals surface area contributed by atoms with Crippen molar-refractivity contribution in [2.45, 2.75) is 31.4 Å². The van der Waals surface area contributed by atoms with Gasteiger partial charge in [0.1, 0.15) is 6.23 Å². The molecule has 0 bridgehead atoms. The van der Waals surface area contributed by atoms with Crippen LogP contribution >= 0.6 is 22.6 Å². The van der Waals surface area contributed by atoms with Gasteiger partial charge in [0.05, 0.1) is 6.10 Å². The third kappa shape index (κ3) is 2.46. The van der Waals surface area contributed by atoms with Gasteiger partial charge in [-0.3, -0.25) is 14.3 Å². The number of azide groups is 1. The van der Waals surface area contributed by atoms with Crippen molar-refractivity contribution in [3.05, 3.63) is 43.0 Å². The SMILES string of the molecule is Cc1cn(C2CC(O)C(CI)(N=[N+]=[N-])O2)c(=O)[nH]c1=O. The Kier molecular flexibility index (Phi) is 4.18. The van der Waals surface area contributed by atoms with E-state index < -0.39 is 29.3 Å². The first-order chi connectivity index (χ1) is 9.43. The molecule has 10 heteroatoms. The molecular formula is C10H12IN5O4. The van der Waals surface area contributed by atoms with Gasteiger partial charge in [0.25, 0.3) is 5.56 Å². The number of aromatic amines is 1. The molecule has 2 N–H and O–H groups in total. The van der Waals surface area contributed by atoms with Crippen LogP contribution in [0, 0.1) is 6.92 Å². The van der Waals surface area contributed by atoms with E-state index in [0.29, 0.717) is 5.56 Å². The molecular weight excluding hydrogens is 381 g/mol. The summed E-state index contributed by atoms with van der Waals surface area (Å²) in [5.74, 6) is 0. The predicted octanol–water partition coefficient (Wildman–Crippen LogP) is 0.566. The molecule has 1 aliphatic rings. The van der Waals surface area contributed by atoms with E-state index in [4.69, 9.17) is 10.3 Å². The Bertz CT molecular complexity index is 679. The number of hydrogen-bond donors (Lipinski definition) is 2. The molecule has 2 heterocycles. The molecule has 0 amide bonds. The molecule has 20 heavy (non-hydrogen) atoms. The summed E-state index contributed by atoms with van der Waals surface area (Å²) in [7, 11) is 0. The number of rotatable bonds is 3. The minimum Gasteiger partial charge on any atom is -0.390 e. The van der Waals surface area contributed by atoms with Gasteiger partial charge in [-0.25, -0.2) is 4.79 Å². The number of aromatic nitrogens is 2. The summed E-state index contributed by atoms with van der Waals surface area (Å²) in [4.78, 5) is 28.0. The number of hydrogen-bond acceptors (Lipinski definition) is 5. The van der Waals surface area contributed by atoms with Gasteiger partial charge in [0, 0.05) is 27.5 Å². The molecule has 2 rings (SSSR count). The summed E-state index contributed by atoms with van der Waals surface area (Å²) in [5, 5.41) is 13.5. The second-order valence-corrected chi connectivity index (χ2v) is 5.23. The summed E-state index contributed by atoms with van der Waals surface area (Å²) >= 11 is 1.94. The van der Waals surface area contributed by atoms with Crippen molar-refractivity contribution in [1.29, 1.82) is 0 Å². The highest BCUT2D eigenvalue weighted by atomic mass is 127. The van der Waals surface area contributed by atoms with Crippen LogP contribution in [0.5, 0.6) is 0 Å². The van der Waals surface area contributed by atoms with E-state index in [-0.39, 0.29) is 10.8 Å². The van der Waals surface area contributed by atoms with E-state index in [1.807, 2.05) is 22.6 Å². The Balaban J connectivity index is 2.43. The smallest absolute Gasteiger partial charge is 0.330 e. The number of nitrogens with one attached hydrogen (secondary N) is 1. The van der Waals surface area contributed by atoms with Crippen LogP contribution in [0.4, 0.5) is 0 Å². The van der Waals surface area contributed by atoms with Gasteiger partial charge in [-0.2, -0.15) is 0 Å². The zero-order valence-corrected chi connectivity index (χ0v) is 12.6. The Labute approximate surface area is 126 Å². The molecule has 0 radical (unpaired) electrons. The Morgan fingerprint density at radius 2 is 2.45 bits per heavy atom. The van der Waals surface area contributed by atoms with Crippen LogP contribution in [0.25, 0.3) is 10.4 Å². The average molecular weight is 393 g/mol. The van der Waals surface area contributed by atoms with Crippen LogP contribution in [0.1, 0.15) is 18.2 Å². The fourth-order valence-corrected chi connectivity index (χ4v) is 2.86. The van der Waals surface area contributed by atoms with E-state index in [1.54, 1.807) is 6.92 Å².